The highest BCUT2D eigenvalue weighted by atomic mass is 127. The van der Waals surface area contributed by atoms with Gasteiger partial charge in [-0.3, -0.25) is 14.3 Å². The minimum atomic E-state index is -0.934. The average Bonchev–Trinajstić information content (AvgIpc) is 2.66. The van der Waals surface area contributed by atoms with Crippen LogP contribution in [0.3, 0.4) is 0 Å². The third kappa shape index (κ3) is 2.69. The number of halogens is 1. The Hall–Kier alpha value is -0.710. The summed E-state index contributed by atoms with van der Waals surface area (Å²) < 4.78 is 6.36. The fourth-order valence-corrected chi connectivity index (χ4v) is 2.94. The SMILES string of the molecule is CC(C)c1cn([C@@H]2O[C@H](CO)C(I)[C@H]2O)c(=O)[nH]c1=O. The number of H-pyrrole nitrogens is 1. The number of hydrogen-bond acceptors (Lipinski definition) is 5. The second-order valence-corrected chi connectivity index (χ2v) is 6.53. The average molecular weight is 396 g/mol. The van der Waals surface area contributed by atoms with E-state index in [0.717, 1.165) is 0 Å². The summed E-state index contributed by atoms with van der Waals surface area (Å²) in [6.45, 7) is 3.43. The van der Waals surface area contributed by atoms with Gasteiger partial charge in [0, 0.05) is 11.8 Å². The molecule has 1 aliphatic heterocycles. The van der Waals surface area contributed by atoms with Crippen molar-refractivity contribution in [3.05, 3.63) is 32.6 Å². The molecule has 0 radical (unpaired) electrons. The van der Waals surface area contributed by atoms with Crippen LogP contribution in [-0.2, 0) is 4.74 Å². The van der Waals surface area contributed by atoms with Crippen molar-refractivity contribution in [1.29, 1.82) is 0 Å². The molecule has 4 atom stereocenters. The van der Waals surface area contributed by atoms with Gasteiger partial charge in [0.2, 0.25) is 0 Å². The van der Waals surface area contributed by atoms with Gasteiger partial charge in [0.05, 0.1) is 16.6 Å². The summed E-state index contributed by atoms with van der Waals surface area (Å²) in [5.41, 5.74) is -0.623. The summed E-state index contributed by atoms with van der Waals surface area (Å²) >= 11 is 1.98. The zero-order valence-electron chi connectivity index (χ0n) is 11.1. The van der Waals surface area contributed by atoms with Crippen molar-refractivity contribution >= 4 is 22.6 Å². The molecule has 8 heteroatoms. The number of aromatic nitrogens is 2. The van der Waals surface area contributed by atoms with Crippen LogP contribution in [0.1, 0.15) is 31.6 Å². The fraction of sp³-hybridized carbons (Fsp3) is 0.667. The lowest BCUT2D eigenvalue weighted by molar-refractivity contribution is -0.0531. The van der Waals surface area contributed by atoms with Crippen molar-refractivity contribution in [3.8, 4) is 0 Å². The van der Waals surface area contributed by atoms with Gasteiger partial charge in [-0.25, -0.2) is 4.79 Å². The Balaban J connectivity index is 2.46. The molecule has 1 fully saturated rings. The van der Waals surface area contributed by atoms with Gasteiger partial charge in [0.15, 0.2) is 6.23 Å². The molecule has 1 unspecified atom stereocenters. The third-order valence-corrected chi connectivity index (χ3v) is 4.90. The quantitative estimate of drug-likeness (QED) is 0.482. The van der Waals surface area contributed by atoms with Gasteiger partial charge < -0.3 is 14.9 Å². The monoisotopic (exact) mass is 396 g/mol. The van der Waals surface area contributed by atoms with Gasteiger partial charge in [-0.15, -0.1) is 0 Å². The number of ether oxygens (including phenoxy) is 1. The van der Waals surface area contributed by atoms with Gasteiger partial charge in [0.25, 0.3) is 5.56 Å². The van der Waals surface area contributed by atoms with E-state index >= 15 is 0 Å². The van der Waals surface area contributed by atoms with Crippen LogP contribution in [0.5, 0.6) is 0 Å². The number of aromatic amines is 1. The number of alkyl halides is 1. The van der Waals surface area contributed by atoms with E-state index in [4.69, 9.17) is 4.74 Å². The van der Waals surface area contributed by atoms with Crippen molar-refractivity contribution in [2.24, 2.45) is 0 Å². The van der Waals surface area contributed by atoms with Crippen molar-refractivity contribution < 1.29 is 14.9 Å². The summed E-state index contributed by atoms with van der Waals surface area (Å²) in [7, 11) is 0. The Labute approximate surface area is 128 Å². The molecule has 1 aliphatic rings. The molecular formula is C12H17IN2O5. The zero-order chi connectivity index (χ0) is 15.0. The number of hydrogen-bond donors (Lipinski definition) is 3. The van der Waals surface area contributed by atoms with Crippen LogP contribution in [0.15, 0.2) is 15.8 Å². The lowest BCUT2D eigenvalue weighted by Gasteiger charge is -2.18. The topological polar surface area (TPSA) is 105 Å². The maximum Gasteiger partial charge on any atom is 0.330 e. The second-order valence-electron chi connectivity index (χ2n) is 5.09. The lowest BCUT2D eigenvalue weighted by atomic mass is 10.1. The van der Waals surface area contributed by atoms with E-state index in [1.807, 2.05) is 36.4 Å². The van der Waals surface area contributed by atoms with Crippen molar-refractivity contribution in [3.63, 3.8) is 0 Å². The van der Waals surface area contributed by atoms with Crippen LogP contribution < -0.4 is 11.2 Å². The highest BCUT2D eigenvalue weighted by Crippen LogP contribution is 2.33. The second kappa shape index (κ2) is 5.96. The predicted octanol–water partition coefficient (Wildman–Crippen LogP) is -0.286. The lowest BCUT2D eigenvalue weighted by Crippen LogP contribution is -2.38. The first-order chi connectivity index (χ1) is 9.36. The van der Waals surface area contributed by atoms with Crippen LogP contribution in [0.4, 0.5) is 0 Å². The molecular weight excluding hydrogens is 379 g/mol. The molecule has 0 saturated carbocycles. The minimum Gasteiger partial charge on any atom is -0.394 e. The first-order valence-corrected chi connectivity index (χ1v) is 7.55. The molecule has 1 saturated heterocycles. The number of aliphatic hydroxyl groups excluding tert-OH is 2. The Morgan fingerprint density at radius 3 is 2.65 bits per heavy atom. The van der Waals surface area contributed by atoms with E-state index in [9.17, 15) is 19.8 Å². The maximum absolute atomic E-state index is 11.9. The van der Waals surface area contributed by atoms with Gasteiger partial charge in [-0.2, -0.15) is 0 Å². The molecule has 0 spiro atoms. The highest BCUT2D eigenvalue weighted by Gasteiger charge is 2.43. The number of rotatable bonds is 3. The Morgan fingerprint density at radius 1 is 1.50 bits per heavy atom. The first-order valence-electron chi connectivity index (χ1n) is 6.30. The molecule has 112 valence electrons. The molecule has 1 aromatic rings. The fourth-order valence-electron chi connectivity index (χ4n) is 2.19. The Bertz CT molecular complexity index is 596. The van der Waals surface area contributed by atoms with Crippen LogP contribution in [-0.4, -0.2) is 42.5 Å². The summed E-state index contributed by atoms with van der Waals surface area (Å²) in [6, 6.07) is 0. The molecule has 3 N–H and O–H groups in total. The largest absolute Gasteiger partial charge is 0.394 e. The number of nitrogens with zero attached hydrogens (tertiary/aromatic N) is 1. The van der Waals surface area contributed by atoms with Crippen molar-refractivity contribution in [2.45, 2.75) is 42.1 Å². The van der Waals surface area contributed by atoms with E-state index in [1.54, 1.807) is 0 Å². The van der Waals surface area contributed by atoms with Crippen LogP contribution >= 0.6 is 22.6 Å². The van der Waals surface area contributed by atoms with E-state index in [2.05, 4.69) is 4.98 Å². The summed E-state index contributed by atoms with van der Waals surface area (Å²) in [5, 5.41) is 19.3. The standard InChI is InChI=1S/C12H17IN2O5/c1-5(2)6-3-15(12(19)14-10(6)18)11-9(17)8(13)7(4-16)20-11/h3,5,7-9,11,16-17H,4H2,1-2H3,(H,14,18,19)/t7-,8?,9-,11-/m1/s1. The molecule has 20 heavy (non-hydrogen) atoms. The summed E-state index contributed by atoms with van der Waals surface area (Å²) in [5.74, 6) is -0.0619. The normalized spacial score (nSPS) is 30.1. The predicted molar refractivity (Wildman–Crippen MR) is 80.2 cm³/mol. The molecule has 0 aromatic carbocycles. The molecule has 1 aromatic heterocycles. The first kappa shape index (κ1) is 15.7. The molecule has 0 bridgehead atoms. The van der Waals surface area contributed by atoms with Gasteiger partial charge >= 0.3 is 5.69 Å². The highest BCUT2D eigenvalue weighted by molar-refractivity contribution is 14.1. The van der Waals surface area contributed by atoms with Crippen molar-refractivity contribution in [1.82, 2.24) is 9.55 Å². The van der Waals surface area contributed by atoms with Crippen LogP contribution in [0.25, 0.3) is 0 Å². The Morgan fingerprint density at radius 2 is 2.15 bits per heavy atom. The summed E-state index contributed by atoms with van der Waals surface area (Å²) in [6.07, 6.45) is -0.966. The maximum atomic E-state index is 11.9. The summed E-state index contributed by atoms with van der Waals surface area (Å²) in [4.78, 5) is 25.8. The van der Waals surface area contributed by atoms with Gasteiger partial charge in [0.1, 0.15) is 6.10 Å². The van der Waals surface area contributed by atoms with Gasteiger partial charge in [-0.1, -0.05) is 36.4 Å². The van der Waals surface area contributed by atoms with E-state index in [0.29, 0.717) is 5.56 Å². The zero-order valence-corrected chi connectivity index (χ0v) is 13.3. The smallest absolute Gasteiger partial charge is 0.330 e. The van der Waals surface area contributed by atoms with Crippen LogP contribution in [0.2, 0.25) is 0 Å². The molecule has 0 aliphatic carbocycles. The van der Waals surface area contributed by atoms with Crippen LogP contribution in [0, 0.1) is 0 Å². The molecule has 2 rings (SSSR count). The van der Waals surface area contributed by atoms with Crippen molar-refractivity contribution in [2.75, 3.05) is 6.61 Å². The number of nitrogens with one attached hydrogen (secondary N) is 1. The van der Waals surface area contributed by atoms with E-state index in [1.165, 1.54) is 10.8 Å². The molecule has 2 heterocycles. The Kier molecular flexibility index (Phi) is 4.67. The van der Waals surface area contributed by atoms with Gasteiger partial charge in [-0.05, 0) is 5.92 Å². The molecule has 7 nitrogen and oxygen atoms in total. The molecule has 0 amide bonds. The van der Waals surface area contributed by atoms with E-state index < -0.39 is 29.7 Å². The van der Waals surface area contributed by atoms with E-state index in [-0.39, 0.29) is 16.4 Å². The number of aliphatic hydroxyl groups is 2. The minimum absolute atomic E-state index is 0.0619. The third-order valence-electron chi connectivity index (χ3n) is 3.36.